The van der Waals surface area contributed by atoms with E-state index in [2.05, 4.69) is 20.9 Å². The highest BCUT2D eigenvalue weighted by atomic mass is 35.5. The van der Waals surface area contributed by atoms with Crippen LogP contribution in [-0.2, 0) is 17.9 Å². The third kappa shape index (κ3) is 6.99. The van der Waals surface area contributed by atoms with Gasteiger partial charge in [0.05, 0.1) is 40.7 Å². The lowest BCUT2D eigenvalue weighted by Gasteiger charge is -2.15. The zero-order chi connectivity index (χ0) is 32.0. The van der Waals surface area contributed by atoms with Gasteiger partial charge >= 0.3 is 0 Å². The molecular weight excluding hydrogens is 623 g/mol. The number of rotatable bonds is 12. The van der Waals surface area contributed by atoms with Crippen LogP contribution in [0, 0.1) is 0 Å². The monoisotopic (exact) mass is 656 g/mol. The maximum Gasteiger partial charge on any atom is 0.220 e. The average Bonchev–Trinajstić information content (AvgIpc) is 3.49. The molecule has 0 spiro atoms. The molecule has 5 aromatic rings. The van der Waals surface area contributed by atoms with Crippen molar-refractivity contribution in [2.45, 2.75) is 32.0 Å². The number of halogens is 2. The van der Waals surface area contributed by atoms with Crippen molar-refractivity contribution in [1.29, 1.82) is 0 Å². The highest BCUT2D eigenvalue weighted by Gasteiger charge is 2.21. The van der Waals surface area contributed by atoms with Crippen molar-refractivity contribution in [3.8, 4) is 39.5 Å². The van der Waals surface area contributed by atoms with Crippen molar-refractivity contribution in [1.82, 2.24) is 30.9 Å². The second kappa shape index (κ2) is 14.5. The van der Waals surface area contributed by atoms with E-state index in [4.69, 9.17) is 43.0 Å². The first kappa shape index (κ1) is 31.8. The van der Waals surface area contributed by atoms with Gasteiger partial charge in [-0.05, 0) is 30.2 Å². The second-order valence-corrected chi connectivity index (χ2v) is 11.9. The third-order valence-corrected chi connectivity index (χ3v) is 8.82. The van der Waals surface area contributed by atoms with Crippen molar-refractivity contribution in [3.63, 3.8) is 0 Å². The minimum atomic E-state index is 0.0860. The Morgan fingerprint density at radius 3 is 2.35 bits per heavy atom. The fourth-order valence-corrected chi connectivity index (χ4v) is 6.29. The first-order valence-corrected chi connectivity index (χ1v) is 15.9. The van der Waals surface area contributed by atoms with Crippen LogP contribution in [0.25, 0.3) is 44.5 Å². The highest BCUT2D eigenvalue weighted by Crippen LogP contribution is 2.42. The van der Waals surface area contributed by atoms with E-state index in [0.717, 1.165) is 50.7 Å². The average molecular weight is 658 g/mol. The lowest BCUT2D eigenvalue weighted by molar-refractivity contribution is -0.119. The Balaban J connectivity index is 1.25. The number of carbonyl (C=O) groups is 1. The number of methoxy groups -OCH3 is 1. The number of ether oxygens (including phenoxy) is 1. The van der Waals surface area contributed by atoms with E-state index in [1.807, 2.05) is 66.9 Å². The zero-order valence-electron chi connectivity index (χ0n) is 25.3. The third-order valence-electron chi connectivity index (χ3n) is 8.00. The Morgan fingerprint density at radius 1 is 0.913 bits per heavy atom. The molecule has 1 unspecified atom stereocenters. The number of benzene rings is 2. The molecule has 3 aromatic heterocycles. The smallest absolute Gasteiger partial charge is 0.220 e. The van der Waals surface area contributed by atoms with Crippen molar-refractivity contribution < 1.29 is 14.6 Å². The van der Waals surface area contributed by atoms with Crippen LogP contribution < -0.4 is 20.7 Å². The van der Waals surface area contributed by atoms with E-state index in [0.29, 0.717) is 59.9 Å². The molecule has 46 heavy (non-hydrogen) atoms. The van der Waals surface area contributed by atoms with Gasteiger partial charge in [0.15, 0.2) is 0 Å². The van der Waals surface area contributed by atoms with Crippen LogP contribution in [0.5, 0.6) is 5.88 Å². The largest absolute Gasteiger partial charge is 0.481 e. The van der Waals surface area contributed by atoms with Crippen molar-refractivity contribution >= 4 is 40.0 Å². The van der Waals surface area contributed by atoms with Gasteiger partial charge in [-0.2, -0.15) is 0 Å². The topological polar surface area (TPSA) is 121 Å². The summed E-state index contributed by atoms with van der Waals surface area (Å²) in [6.07, 6.45) is 5.04. The quantitative estimate of drug-likeness (QED) is 0.125. The number of nitrogens with zero attached hydrogens (tertiary/aromatic N) is 3. The van der Waals surface area contributed by atoms with E-state index >= 15 is 0 Å². The molecule has 0 saturated carbocycles. The molecule has 2 aromatic carbocycles. The summed E-state index contributed by atoms with van der Waals surface area (Å²) in [5.41, 5.74) is 7.18. The summed E-state index contributed by atoms with van der Waals surface area (Å²) >= 11 is 14.1. The molecule has 1 atom stereocenters. The molecule has 1 aliphatic heterocycles. The fourth-order valence-electron chi connectivity index (χ4n) is 5.64. The van der Waals surface area contributed by atoms with Crippen LogP contribution in [0.1, 0.15) is 24.0 Å². The number of fused-ring (bicyclic) bond motifs is 1. The van der Waals surface area contributed by atoms with Crippen LogP contribution in [0.15, 0.2) is 73.1 Å². The molecule has 0 aliphatic carbocycles. The van der Waals surface area contributed by atoms with E-state index in [9.17, 15) is 4.79 Å². The summed E-state index contributed by atoms with van der Waals surface area (Å²) in [6.45, 7) is 2.46. The molecule has 4 N–H and O–H groups in total. The van der Waals surface area contributed by atoms with E-state index in [1.165, 1.54) is 0 Å². The minimum absolute atomic E-state index is 0.0860. The fraction of sp³-hybridized carbons (Fsp3) is 0.257. The summed E-state index contributed by atoms with van der Waals surface area (Å²) in [6, 6.07) is 19.6. The molecule has 6 rings (SSSR count). The number of hydrogen-bond acceptors (Lipinski definition) is 8. The molecule has 9 nitrogen and oxygen atoms in total. The Kier molecular flexibility index (Phi) is 10.1. The van der Waals surface area contributed by atoms with Crippen LogP contribution in [0.2, 0.25) is 10.0 Å². The normalized spacial score (nSPS) is 14.5. The maximum atomic E-state index is 11.5. The van der Waals surface area contributed by atoms with Gasteiger partial charge in [-0.25, -0.2) is 4.98 Å². The van der Waals surface area contributed by atoms with Crippen molar-refractivity contribution in [2.75, 3.05) is 26.8 Å². The van der Waals surface area contributed by atoms with Crippen LogP contribution in [-0.4, -0.2) is 58.8 Å². The zero-order valence-corrected chi connectivity index (χ0v) is 26.8. The molecule has 0 bridgehead atoms. The minimum Gasteiger partial charge on any atom is -0.481 e. The summed E-state index contributed by atoms with van der Waals surface area (Å²) in [7, 11) is 1.60. The number of hydrogen-bond donors (Lipinski definition) is 4. The molecule has 1 amide bonds. The van der Waals surface area contributed by atoms with Crippen LogP contribution >= 0.6 is 23.2 Å². The van der Waals surface area contributed by atoms with Crippen LogP contribution in [0.4, 0.5) is 0 Å². The second-order valence-electron chi connectivity index (χ2n) is 11.1. The highest BCUT2D eigenvalue weighted by molar-refractivity contribution is 6.39. The Hall–Kier alpha value is -4.12. The van der Waals surface area contributed by atoms with Crippen molar-refractivity contribution in [3.05, 3.63) is 94.2 Å². The molecule has 1 aliphatic rings. The lowest BCUT2D eigenvalue weighted by Crippen LogP contribution is -2.35. The maximum absolute atomic E-state index is 11.5. The number of aliphatic hydroxyl groups is 1. The Morgan fingerprint density at radius 2 is 1.65 bits per heavy atom. The SMILES string of the molecule is COc1nc(-c2cccc(-c3cccc(-c4cc5ncc(CNCCO)cc5cn4)c3Cl)c2Cl)ccc1CNCC1CCC(=O)N1. The number of aliphatic hydroxyl groups excluding tert-OH is 1. The van der Waals surface area contributed by atoms with Gasteiger partial charge in [0.25, 0.3) is 0 Å². The first-order chi connectivity index (χ1) is 22.4. The molecule has 0 radical (unpaired) electrons. The van der Waals surface area contributed by atoms with E-state index < -0.39 is 0 Å². The van der Waals surface area contributed by atoms with Gasteiger partial charge in [-0.15, -0.1) is 0 Å². The number of aromatic nitrogens is 3. The molecule has 1 saturated heterocycles. The summed E-state index contributed by atoms with van der Waals surface area (Å²) < 4.78 is 5.64. The van der Waals surface area contributed by atoms with E-state index in [1.54, 1.807) is 13.3 Å². The van der Waals surface area contributed by atoms with Crippen molar-refractivity contribution in [2.24, 2.45) is 0 Å². The standard InChI is InChI=1S/C35H34Cl2N6O3/c1-46-35-22(18-39-20-24-9-11-32(45)42-24)8-10-29(43-35)27-6-2-4-25(33(27)36)26-5-3-7-28(34(26)37)31-15-30-23(19-41-31)14-21(17-40-30)16-38-12-13-44/h2-8,10,14-15,17,19,24,38-39,44H,9,11-13,16,18,20H2,1H3,(H,42,45). The molecule has 236 valence electrons. The van der Waals surface area contributed by atoms with Crippen LogP contribution in [0.3, 0.4) is 0 Å². The Labute approximate surface area is 277 Å². The molecule has 11 heteroatoms. The summed E-state index contributed by atoms with van der Waals surface area (Å²) in [4.78, 5) is 25.6. The van der Waals surface area contributed by atoms with Gasteiger partial charge in [0, 0.05) is 84.2 Å². The number of nitrogens with one attached hydrogen (secondary N) is 3. The summed E-state index contributed by atoms with van der Waals surface area (Å²) in [5, 5.41) is 20.5. The van der Waals surface area contributed by atoms with Gasteiger partial charge < -0.3 is 25.8 Å². The molecule has 4 heterocycles. The first-order valence-electron chi connectivity index (χ1n) is 15.1. The lowest BCUT2D eigenvalue weighted by atomic mass is 9.98. The Bertz CT molecular complexity index is 1890. The predicted octanol–water partition coefficient (Wildman–Crippen LogP) is 5.79. The molecular formula is C35H34Cl2N6O3. The van der Waals surface area contributed by atoms with E-state index in [-0.39, 0.29) is 18.6 Å². The predicted molar refractivity (Wildman–Crippen MR) is 182 cm³/mol. The van der Waals surface area contributed by atoms with Gasteiger partial charge in [0.1, 0.15) is 0 Å². The number of pyridine rings is 3. The van der Waals surface area contributed by atoms with Gasteiger partial charge in [-0.1, -0.05) is 65.7 Å². The number of amides is 1. The van der Waals surface area contributed by atoms with Gasteiger partial charge in [0.2, 0.25) is 11.8 Å². The van der Waals surface area contributed by atoms with Gasteiger partial charge in [-0.3, -0.25) is 14.8 Å². The number of carbonyl (C=O) groups excluding carboxylic acids is 1. The molecule has 1 fully saturated rings. The summed E-state index contributed by atoms with van der Waals surface area (Å²) in [5.74, 6) is 0.607.